The third-order valence-electron chi connectivity index (χ3n) is 2.30. The fourth-order valence-electron chi connectivity index (χ4n) is 1.55. The van der Waals surface area contributed by atoms with Crippen LogP contribution in [0.25, 0.3) is 0 Å². The average molecular weight is 226 g/mol. The topological polar surface area (TPSA) is 55.4 Å². The van der Waals surface area contributed by atoms with Gasteiger partial charge in [-0.05, 0) is 18.6 Å². The number of rotatable bonds is 1. The van der Waals surface area contributed by atoms with E-state index in [4.69, 9.17) is 16.3 Å². The van der Waals surface area contributed by atoms with Crippen molar-refractivity contribution >= 4 is 29.0 Å². The van der Waals surface area contributed by atoms with Crippen LogP contribution in [0.4, 0.5) is 5.69 Å². The molecule has 5 heteroatoms. The number of carbonyl (C=O) groups excluding carboxylic acids is 2. The first-order valence-electron chi connectivity index (χ1n) is 4.29. The normalized spacial score (nSPS) is 13.8. The highest BCUT2D eigenvalue weighted by Gasteiger charge is 2.34. The molecule has 1 aromatic rings. The van der Waals surface area contributed by atoms with Crippen LogP contribution in [0.5, 0.6) is 5.75 Å². The number of aryl methyl sites for hydroxylation is 1. The lowest BCUT2D eigenvalue weighted by atomic mass is 10.1. The van der Waals surface area contributed by atoms with E-state index in [9.17, 15) is 9.59 Å². The fourth-order valence-corrected chi connectivity index (χ4v) is 1.75. The molecule has 1 N–H and O–H groups in total. The smallest absolute Gasteiger partial charge is 0.297 e. The van der Waals surface area contributed by atoms with Gasteiger partial charge < -0.3 is 10.1 Å². The van der Waals surface area contributed by atoms with E-state index in [2.05, 4.69) is 5.32 Å². The molecule has 78 valence electrons. The maximum absolute atomic E-state index is 11.5. The summed E-state index contributed by atoms with van der Waals surface area (Å²) in [5.74, 6) is -0.908. The second-order valence-electron chi connectivity index (χ2n) is 3.24. The van der Waals surface area contributed by atoms with Crippen molar-refractivity contribution in [1.29, 1.82) is 0 Å². The summed E-state index contributed by atoms with van der Waals surface area (Å²) in [6.45, 7) is 1.78. The SMILES string of the molecule is COc1cc(C)c(Cl)c2c1C(=O)C(=O)N2. The lowest BCUT2D eigenvalue weighted by Gasteiger charge is -2.08. The van der Waals surface area contributed by atoms with Crippen LogP contribution < -0.4 is 10.1 Å². The molecule has 1 heterocycles. The molecule has 0 saturated carbocycles. The minimum absolute atomic E-state index is 0.220. The Labute approximate surface area is 91.2 Å². The molecule has 0 spiro atoms. The van der Waals surface area contributed by atoms with Crippen LogP contribution >= 0.6 is 11.6 Å². The van der Waals surface area contributed by atoms with Crippen molar-refractivity contribution in [2.45, 2.75) is 6.92 Å². The Hall–Kier alpha value is -1.55. The first-order valence-corrected chi connectivity index (χ1v) is 4.66. The van der Waals surface area contributed by atoms with E-state index in [-0.39, 0.29) is 5.56 Å². The molecule has 15 heavy (non-hydrogen) atoms. The molecule has 1 aromatic carbocycles. The van der Waals surface area contributed by atoms with Crippen LogP contribution in [0.1, 0.15) is 15.9 Å². The summed E-state index contributed by atoms with van der Waals surface area (Å²) in [4.78, 5) is 22.7. The largest absolute Gasteiger partial charge is 0.496 e. The molecule has 0 aliphatic carbocycles. The highest BCUT2D eigenvalue weighted by atomic mass is 35.5. The number of ketones is 1. The molecule has 0 aromatic heterocycles. The molecule has 0 radical (unpaired) electrons. The molecule has 0 bridgehead atoms. The quantitative estimate of drug-likeness (QED) is 0.742. The molecule has 1 aliphatic heterocycles. The lowest BCUT2D eigenvalue weighted by Crippen LogP contribution is -2.12. The summed E-state index contributed by atoms with van der Waals surface area (Å²) in [5, 5.41) is 2.81. The molecule has 4 nitrogen and oxygen atoms in total. The first-order chi connectivity index (χ1) is 7.06. The van der Waals surface area contributed by atoms with E-state index in [1.54, 1.807) is 13.0 Å². The first kappa shape index (κ1) is 9.98. The number of anilines is 1. The predicted molar refractivity (Wildman–Crippen MR) is 55.7 cm³/mol. The number of carbonyl (C=O) groups is 2. The van der Waals surface area contributed by atoms with E-state index in [1.165, 1.54) is 7.11 Å². The Morgan fingerprint density at radius 3 is 2.67 bits per heavy atom. The van der Waals surface area contributed by atoms with Crippen LogP contribution in [-0.4, -0.2) is 18.8 Å². The summed E-state index contributed by atoms with van der Waals surface area (Å²) in [5.41, 5.74) is 1.32. The van der Waals surface area contributed by atoms with Gasteiger partial charge in [-0.2, -0.15) is 0 Å². The van der Waals surface area contributed by atoms with E-state index >= 15 is 0 Å². The van der Waals surface area contributed by atoms with Crippen molar-refractivity contribution in [2.75, 3.05) is 12.4 Å². The van der Waals surface area contributed by atoms with Crippen molar-refractivity contribution in [1.82, 2.24) is 0 Å². The third-order valence-corrected chi connectivity index (χ3v) is 2.79. The maximum atomic E-state index is 11.5. The van der Waals surface area contributed by atoms with Gasteiger partial charge >= 0.3 is 0 Å². The lowest BCUT2D eigenvalue weighted by molar-refractivity contribution is -0.112. The molecule has 1 aliphatic rings. The Morgan fingerprint density at radius 1 is 1.40 bits per heavy atom. The van der Waals surface area contributed by atoms with Crippen LogP contribution in [0.3, 0.4) is 0 Å². The van der Waals surface area contributed by atoms with Gasteiger partial charge in [-0.1, -0.05) is 11.6 Å². The Balaban J connectivity index is 2.76. The maximum Gasteiger partial charge on any atom is 0.297 e. The highest BCUT2D eigenvalue weighted by Crippen LogP contribution is 2.39. The molecule has 0 fully saturated rings. The van der Waals surface area contributed by atoms with Crippen LogP contribution in [0.15, 0.2) is 6.07 Å². The average Bonchev–Trinajstić information content (AvgIpc) is 2.50. The minimum atomic E-state index is -0.671. The summed E-state index contributed by atoms with van der Waals surface area (Å²) in [6.07, 6.45) is 0. The number of hydrogen-bond acceptors (Lipinski definition) is 3. The van der Waals surface area contributed by atoms with Crippen molar-refractivity contribution in [3.63, 3.8) is 0 Å². The molecular formula is C10H8ClNO3. The van der Waals surface area contributed by atoms with Gasteiger partial charge in [0.1, 0.15) is 5.75 Å². The summed E-state index contributed by atoms with van der Waals surface area (Å²) in [7, 11) is 1.44. The number of amides is 1. The molecule has 0 atom stereocenters. The zero-order valence-electron chi connectivity index (χ0n) is 8.18. The monoisotopic (exact) mass is 225 g/mol. The van der Waals surface area contributed by atoms with Gasteiger partial charge in [0, 0.05) is 0 Å². The Morgan fingerprint density at radius 2 is 2.07 bits per heavy atom. The molecule has 0 unspecified atom stereocenters. The van der Waals surface area contributed by atoms with Gasteiger partial charge in [-0.15, -0.1) is 0 Å². The van der Waals surface area contributed by atoms with Crippen LogP contribution in [0.2, 0.25) is 5.02 Å². The van der Waals surface area contributed by atoms with Gasteiger partial charge in [0.15, 0.2) is 0 Å². The summed E-state index contributed by atoms with van der Waals surface area (Å²) in [6, 6.07) is 1.64. The molecule has 2 rings (SSSR count). The van der Waals surface area contributed by atoms with Crippen molar-refractivity contribution in [3.05, 3.63) is 22.2 Å². The number of ether oxygens (including phenoxy) is 1. The zero-order chi connectivity index (χ0) is 11.2. The number of nitrogens with one attached hydrogen (secondary N) is 1. The summed E-state index contributed by atoms with van der Waals surface area (Å²) >= 11 is 5.98. The second kappa shape index (κ2) is 3.24. The highest BCUT2D eigenvalue weighted by molar-refractivity contribution is 6.54. The van der Waals surface area contributed by atoms with Crippen molar-refractivity contribution in [3.8, 4) is 5.75 Å². The summed E-state index contributed by atoms with van der Waals surface area (Å²) < 4.78 is 5.04. The predicted octanol–water partition coefficient (Wildman–Crippen LogP) is 1.79. The number of benzene rings is 1. The third kappa shape index (κ3) is 1.29. The standard InChI is InChI=1S/C10H8ClNO3/c1-4-3-5(15-2)6-8(7(4)11)12-10(14)9(6)13/h3H,1-2H3,(H,12,13,14). The number of hydrogen-bond donors (Lipinski definition) is 1. The van der Waals surface area contributed by atoms with Gasteiger partial charge in [-0.25, -0.2) is 0 Å². The number of Topliss-reactive ketones (excluding diaryl/α,β-unsaturated/α-hetero) is 1. The second-order valence-corrected chi connectivity index (χ2v) is 3.62. The minimum Gasteiger partial charge on any atom is -0.496 e. The van der Waals surface area contributed by atoms with Gasteiger partial charge in [0.2, 0.25) is 0 Å². The number of fused-ring (bicyclic) bond motifs is 1. The van der Waals surface area contributed by atoms with E-state index in [0.29, 0.717) is 16.5 Å². The number of methoxy groups -OCH3 is 1. The van der Waals surface area contributed by atoms with Gasteiger partial charge in [0.05, 0.1) is 23.4 Å². The zero-order valence-corrected chi connectivity index (χ0v) is 8.94. The Kier molecular flexibility index (Phi) is 2.16. The van der Waals surface area contributed by atoms with E-state index in [1.807, 2.05) is 0 Å². The molecular weight excluding hydrogens is 218 g/mol. The van der Waals surface area contributed by atoms with E-state index in [0.717, 1.165) is 5.56 Å². The number of halogens is 1. The van der Waals surface area contributed by atoms with Crippen LogP contribution in [0, 0.1) is 6.92 Å². The molecule has 0 saturated heterocycles. The van der Waals surface area contributed by atoms with Crippen molar-refractivity contribution < 1.29 is 14.3 Å². The van der Waals surface area contributed by atoms with Crippen molar-refractivity contribution in [2.24, 2.45) is 0 Å². The van der Waals surface area contributed by atoms with Crippen LogP contribution in [-0.2, 0) is 4.79 Å². The fraction of sp³-hybridized carbons (Fsp3) is 0.200. The Bertz CT molecular complexity index is 482. The van der Waals surface area contributed by atoms with Gasteiger partial charge in [-0.3, -0.25) is 9.59 Å². The molecule has 1 amide bonds. The van der Waals surface area contributed by atoms with E-state index < -0.39 is 11.7 Å². The van der Waals surface area contributed by atoms with Gasteiger partial charge in [0.25, 0.3) is 11.7 Å².